The highest BCUT2D eigenvalue weighted by Gasteiger charge is 2.28. The number of hydrogen-bond acceptors (Lipinski definition) is 4. The lowest BCUT2D eigenvalue weighted by molar-refractivity contribution is -0.150. The van der Waals surface area contributed by atoms with Crippen LogP contribution in [0.15, 0.2) is 18.2 Å². The number of nitrogens with zero attached hydrogens (tertiary/aromatic N) is 3. The number of aryl methyl sites for hydroxylation is 1. The Labute approximate surface area is 152 Å². The quantitative estimate of drug-likeness (QED) is 0.774. The van der Waals surface area contributed by atoms with Crippen LogP contribution in [0.1, 0.15) is 35.5 Å². The zero-order valence-corrected chi connectivity index (χ0v) is 15.4. The first-order valence-corrected chi connectivity index (χ1v) is 8.82. The Morgan fingerprint density at radius 1 is 1.42 bits per heavy atom. The van der Waals surface area contributed by atoms with Gasteiger partial charge in [0.25, 0.3) is 0 Å². The molecule has 136 valence electrons. The molecule has 1 aliphatic heterocycles. The maximum absolute atomic E-state index is 12.0. The van der Waals surface area contributed by atoms with Crippen LogP contribution in [0.2, 0.25) is 0 Å². The van der Waals surface area contributed by atoms with E-state index in [2.05, 4.69) is 19.9 Å². The first kappa shape index (κ1) is 18.2. The SMILES string of the molecule is Cc1c(C=O)ccc2c1cc(C#N)n2CC1CN(CC(C)C)C(=O)CO1. The van der Waals surface area contributed by atoms with Gasteiger partial charge in [-0.05, 0) is 36.6 Å². The summed E-state index contributed by atoms with van der Waals surface area (Å²) in [6.45, 7) is 7.85. The van der Waals surface area contributed by atoms with Gasteiger partial charge in [-0.25, -0.2) is 0 Å². The van der Waals surface area contributed by atoms with Crippen LogP contribution in [0.4, 0.5) is 0 Å². The fraction of sp³-hybridized carbons (Fsp3) is 0.450. The summed E-state index contributed by atoms with van der Waals surface area (Å²) in [4.78, 5) is 25.1. The standard InChI is InChI=1S/C20H23N3O3/c1-13(2)8-22-9-17(26-12-20(22)25)10-23-16(7-21)6-18-14(3)15(11-24)4-5-19(18)23/h4-6,11,13,17H,8-10,12H2,1-3H3. The van der Waals surface area contributed by atoms with E-state index < -0.39 is 0 Å². The number of benzene rings is 1. The molecule has 0 N–H and O–H groups in total. The summed E-state index contributed by atoms with van der Waals surface area (Å²) in [5.74, 6) is 0.406. The summed E-state index contributed by atoms with van der Waals surface area (Å²) < 4.78 is 7.64. The second-order valence-electron chi connectivity index (χ2n) is 7.21. The third-order valence-corrected chi connectivity index (χ3v) is 4.83. The lowest BCUT2D eigenvalue weighted by atomic mass is 10.1. The smallest absolute Gasteiger partial charge is 0.248 e. The summed E-state index contributed by atoms with van der Waals surface area (Å²) in [7, 11) is 0. The highest BCUT2D eigenvalue weighted by Crippen LogP contribution is 2.26. The molecule has 2 heterocycles. The predicted molar refractivity (Wildman–Crippen MR) is 97.9 cm³/mol. The number of morpholine rings is 1. The highest BCUT2D eigenvalue weighted by atomic mass is 16.5. The maximum atomic E-state index is 12.0. The van der Waals surface area contributed by atoms with E-state index in [1.165, 1.54) is 0 Å². The number of amides is 1. The Bertz CT molecular complexity index is 892. The fourth-order valence-electron chi connectivity index (χ4n) is 3.52. The summed E-state index contributed by atoms with van der Waals surface area (Å²) in [5.41, 5.74) is 2.93. The first-order valence-electron chi connectivity index (χ1n) is 8.82. The van der Waals surface area contributed by atoms with Gasteiger partial charge in [0.2, 0.25) is 5.91 Å². The molecule has 1 aliphatic rings. The molecule has 1 unspecified atom stereocenters. The van der Waals surface area contributed by atoms with Crippen molar-refractivity contribution in [2.75, 3.05) is 19.7 Å². The molecule has 1 saturated heterocycles. The topological polar surface area (TPSA) is 75.3 Å². The van der Waals surface area contributed by atoms with E-state index in [0.29, 0.717) is 36.8 Å². The molecule has 6 nitrogen and oxygen atoms in total. The van der Waals surface area contributed by atoms with Crippen LogP contribution in [0.5, 0.6) is 0 Å². The van der Waals surface area contributed by atoms with E-state index in [-0.39, 0.29) is 18.6 Å². The van der Waals surface area contributed by atoms with Crippen LogP contribution in [-0.2, 0) is 16.1 Å². The van der Waals surface area contributed by atoms with Gasteiger partial charge in [-0.2, -0.15) is 5.26 Å². The van der Waals surface area contributed by atoms with Gasteiger partial charge in [-0.3, -0.25) is 9.59 Å². The van der Waals surface area contributed by atoms with Gasteiger partial charge in [0.05, 0.1) is 12.6 Å². The Balaban J connectivity index is 1.91. The molecule has 1 fully saturated rings. The van der Waals surface area contributed by atoms with E-state index >= 15 is 0 Å². The lowest BCUT2D eigenvalue weighted by Gasteiger charge is -2.34. The van der Waals surface area contributed by atoms with Gasteiger partial charge in [0.1, 0.15) is 24.7 Å². The van der Waals surface area contributed by atoms with Crippen LogP contribution in [0, 0.1) is 24.2 Å². The largest absolute Gasteiger partial charge is 0.365 e. The van der Waals surface area contributed by atoms with Crippen LogP contribution >= 0.6 is 0 Å². The minimum Gasteiger partial charge on any atom is -0.365 e. The minimum absolute atomic E-state index is 0.0132. The van der Waals surface area contributed by atoms with E-state index in [1.807, 2.05) is 28.5 Å². The first-order chi connectivity index (χ1) is 12.4. The molecule has 6 heteroatoms. The molecular weight excluding hydrogens is 330 g/mol. The lowest BCUT2D eigenvalue weighted by Crippen LogP contribution is -2.49. The predicted octanol–water partition coefficient (Wildman–Crippen LogP) is 2.52. The summed E-state index contributed by atoms with van der Waals surface area (Å²) in [6.07, 6.45) is 0.665. The Hall–Kier alpha value is -2.65. The van der Waals surface area contributed by atoms with Crippen molar-refractivity contribution in [3.8, 4) is 6.07 Å². The van der Waals surface area contributed by atoms with Crippen LogP contribution in [0.25, 0.3) is 10.9 Å². The average molecular weight is 353 g/mol. The van der Waals surface area contributed by atoms with Crippen molar-refractivity contribution in [2.45, 2.75) is 33.4 Å². The van der Waals surface area contributed by atoms with E-state index in [1.54, 1.807) is 6.07 Å². The van der Waals surface area contributed by atoms with Crippen molar-refractivity contribution >= 4 is 23.1 Å². The fourth-order valence-corrected chi connectivity index (χ4v) is 3.52. The highest BCUT2D eigenvalue weighted by molar-refractivity contribution is 5.92. The van der Waals surface area contributed by atoms with Gasteiger partial charge in [0.15, 0.2) is 0 Å². The van der Waals surface area contributed by atoms with Gasteiger partial charge >= 0.3 is 0 Å². The number of aromatic nitrogens is 1. The van der Waals surface area contributed by atoms with Crippen molar-refractivity contribution in [2.24, 2.45) is 5.92 Å². The van der Waals surface area contributed by atoms with E-state index in [4.69, 9.17) is 4.74 Å². The van der Waals surface area contributed by atoms with Gasteiger partial charge in [0, 0.05) is 29.6 Å². The van der Waals surface area contributed by atoms with Crippen molar-refractivity contribution in [3.63, 3.8) is 0 Å². The Kier molecular flexibility index (Phi) is 5.10. The summed E-state index contributed by atoms with van der Waals surface area (Å²) >= 11 is 0. The Morgan fingerprint density at radius 3 is 2.85 bits per heavy atom. The molecular formula is C20H23N3O3. The van der Waals surface area contributed by atoms with Crippen LogP contribution < -0.4 is 0 Å². The molecule has 2 aromatic rings. The molecule has 0 saturated carbocycles. The number of nitriles is 1. The van der Waals surface area contributed by atoms with Gasteiger partial charge < -0.3 is 14.2 Å². The van der Waals surface area contributed by atoms with E-state index in [0.717, 1.165) is 22.8 Å². The molecule has 1 aromatic carbocycles. The zero-order chi connectivity index (χ0) is 18.8. The second kappa shape index (κ2) is 7.30. The average Bonchev–Trinajstić information content (AvgIpc) is 2.96. The minimum atomic E-state index is -0.166. The third-order valence-electron chi connectivity index (χ3n) is 4.83. The van der Waals surface area contributed by atoms with Crippen molar-refractivity contribution in [3.05, 3.63) is 35.0 Å². The normalized spacial score (nSPS) is 17.7. The monoisotopic (exact) mass is 353 g/mol. The number of hydrogen-bond donors (Lipinski definition) is 0. The summed E-state index contributed by atoms with van der Waals surface area (Å²) in [6, 6.07) is 7.69. The van der Waals surface area contributed by atoms with Crippen molar-refractivity contribution < 1.29 is 14.3 Å². The number of rotatable bonds is 5. The molecule has 0 bridgehead atoms. The number of fused-ring (bicyclic) bond motifs is 1. The summed E-state index contributed by atoms with van der Waals surface area (Å²) in [5, 5.41) is 10.4. The van der Waals surface area contributed by atoms with Gasteiger partial charge in [-0.1, -0.05) is 13.8 Å². The van der Waals surface area contributed by atoms with Crippen LogP contribution in [-0.4, -0.2) is 47.5 Å². The Morgan fingerprint density at radius 2 is 2.19 bits per heavy atom. The molecule has 0 radical (unpaired) electrons. The molecule has 1 amide bonds. The number of ether oxygens (including phenoxy) is 1. The van der Waals surface area contributed by atoms with Crippen LogP contribution in [0.3, 0.4) is 0 Å². The molecule has 0 spiro atoms. The molecule has 3 rings (SSSR count). The van der Waals surface area contributed by atoms with Crippen molar-refractivity contribution in [1.82, 2.24) is 9.47 Å². The van der Waals surface area contributed by atoms with Gasteiger partial charge in [-0.15, -0.1) is 0 Å². The molecule has 1 aromatic heterocycles. The number of aldehydes is 1. The zero-order valence-electron chi connectivity index (χ0n) is 15.4. The van der Waals surface area contributed by atoms with Crippen molar-refractivity contribution in [1.29, 1.82) is 5.26 Å². The number of carbonyl (C=O) groups excluding carboxylic acids is 2. The third kappa shape index (κ3) is 3.35. The maximum Gasteiger partial charge on any atom is 0.248 e. The molecule has 26 heavy (non-hydrogen) atoms. The second-order valence-corrected chi connectivity index (χ2v) is 7.21. The molecule has 1 atom stereocenters. The van der Waals surface area contributed by atoms with E-state index in [9.17, 15) is 14.9 Å². The number of carbonyl (C=O) groups is 2. The molecule has 0 aliphatic carbocycles.